The molecule has 21 heavy (non-hydrogen) atoms. The van der Waals surface area contributed by atoms with Crippen LogP contribution in [0.5, 0.6) is 5.75 Å². The molecule has 8 heteroatoms. The van der Waals surface area contributed by atoms with Crippen molar-refractivity contribution < 1.29 is 4.74 Å². The molecule has 0 saturated heterocycles. The third-order valence-electron chi connectivity index (χ3n) is 2.79. The molecular formula is C13H8Br2ClN3OS. The lowest BCUT2D eigenvalue weighted by atomic mass is 10.3. The highest BCUT2D eigenvalue weighted by molar-refractivity contribution is 9.11. The van der Waals surface area contributed by atoms with Crippen molar-refractivity contribution in [2.75, 3.05) is 12.4 Å². The zero-order valence-corrected chi connectivity index (χ0v) is 15.4. The number of anilines is 2. The molecule has 0 aliphatic heterocycles. The second kappa shape index (κ2) is 6.08. The van der Waals surface area contributed by atoms with Gasteiger partial charge in [-0.25, -0.2) is 4.98 Å². The first-order valence-electron chi connectivity index (χ1n) is 5.79. The van der Waals surface area contributed by atoms with E-state index in [2.05, 4.69) is 47.1 Å². The van der Waals surface area contributed by atoms with Crippen LogP contribution in [-0.2, 0) is 0 Å². The van der Waals surface area contributed by atoms with E-state index in [1.54, 1.807) is 7.11 Å². The van der Waals surface area contributed by atoms with Gasteiger partial charge >= 0.3 is 0 Å². The van der Waals surface area contributed by atoms with Crippen LogP contribution in [0.4, 0.5) is 11.5 Å². The van der Waals surface area contributed by atoms with E-state index in [9.17, 15) is 0 Å². The van der Waals surface area contributed by atoms with Crippen molar-refractivity contribution in [3.8, 4) is 5.75 Å². The standard InChI is InChI=1S/C13H8Br2ClN3OS/c1-20-10-5-9(7(14)4-8(10)15)17-11-6-2-3-21-12(6)19-13(16)18-11/h2-5H,1H3,(H,17,18,19). The van der Waals surface area contributed by atoms with Crippen LogP contribution >= 0.6 is 54.8 Å². The molecule has 0 aliphatic rings. The van der Waals surface area contributed by atoms with Crippen LogP contribution in [0.2, 0.25) is 5.28 Å². The van der Waals surface area contributed by atoms with Crippen LogP contribution in [0.25, 0.3) is 10.2 Å². The topological polar surface area (TPSA) is 47.0 Å². The van der Waals surface area contributed by atoms with Gasteiger partial charge in [-0.2, -0.15) is 4.98 Å². The molecule has 0 unspecified atom stereocenters. The van der Waals surface area contributed by atoms with Crippen molar-refractivity contribution in [2.45, 2.75) is 0 Å². The molecule has 2 heterocycles. The molecule has 3 aromatic rings. The summed E-state index contributed by atoms with van der Waals surface area (Å²) in [7, 11) is 1.62. The fourth-order valence-corrected chi connectivity index (χ4v) is 4.07. The molecule has 0 aliphatic carbocycles. The number of halogens is 3. The summed E-state index contributed by atoms with van der Waals surface area (Å²) in [5, 5.41) is 6.37. The number of aromatic nitrogens is 2. The molecule has 108 valence electrons. The first kappa shape index (κ1) is 15.0. The van der Waals surface area contributed by atoms with E-state index in [1.165, 1.54) is 11.3 Å². The van der Waals surface area contributed by atoms with Gasteiger partial charge in [0.25, 0.3) is 0 Å². The lowest BCUT2D eigenvalue weighted by molar-refractivity contribution is 0.412. The number of nitrogens with one attached hydrogen (secondary N) is 1. The second-order valence-corrected chi connectivity index (χ2v) is 7.01. The van der Waals surface area contributed by atoms with Gasteiger partial charge in [0.2, 0.25) is 5.28 Å². The highest BCUT2D eigenvalue weighted by Gasteiger charge is 2.12. The molecular weight excluding hydrogens is 441 g/mol. The van der Waals surface area contributed by atoms with Gasteiger partial charge in [-0.3, -0.25) is 0 Å². The fraction of sp³-hybridized carbons (Fsp3) is 0.0769. The highest BCUT2D eigenvalue weighted by atomic mass is 79.9. The summed E-state index contributed by atoms with van der Waals surface area (Å²) in [5.74, 6) is 1.39. The smallest absolute Gasteiger partial charge is 0.225 e. The molecule has 0 bridgehead atoms. The summed E-state index contributed by atoms with van der Waals surface area (Å²) < 4.78 is 7.06. The number of nitrogens with zero attached hydrogens (tertiary/aromatic N) is 2. The first-order chi connectivity index (χ1) is 10.1. The van der Waals surface area contributed by atoms with Crippen LogP contribution in [0, 0.1) is 0 Å². The number of hydrogen-bond acceptors (Lipinski definition) is 5. The van der Waals surface area contributed by atoms with E-state index in [1.807, 2.05) is 23.6 Å². The van der Waals surface area contributed by atoms with Gasteiger partial charge in [0.1, 0.15) is 16.4 Å². The van der Waals surface area contributed by atoms with Crippen molar-refractivity contribution in [2.24, 2.45) is 0 Å². The Morgan fingerprint density at radius 3 is 2.81 bits per heavy atom. The number of thiophene rings is 1. The number of methoxy groups -OCH3 is 1. The average Bonchev–Trinajstić information content (AvgIpc) is 2.89. The third kappa shape index (κ3) is 3.01. The zero-order chi connectivity index (χ0) is 15.0. The van der Waals surface area contributed by atoms with Gasteiger partial charge in [0.05, 0.1) is 22.7 Å². The molecule has 0 atom stereocenters. The van der Waals surface area contributed by atoms with Crippen LogP contribution in [-0.4, -0.2) is 17.1 Å². The van der Waals surface area contributed by atoms with Gasteiger partial charge in [0, 0.05) is 10.5 Å². The number of fused-ring (bicyclic) bond motifs is 1. The SMILES string of the molecule is COc1cc(Nc2nc(Cl)nc3sccc23)c(Br)cc1Br. The second-order valence-electron chi connectivity index (χ2n) is 4.07. The average molecular weight is 450 g/mol. The Balaban J connectivity index is 2.08. The first-order valence-corrected chi connectivity index (χ1v) is 8.63. The Morgan fingerprint density at radius 2 is 2.05 bits per heavy atom. The Labute approximate surface area is 146 Å². The Bertz CT molecular complexity index is 825. The molecule has 0 spiro atoms. The Hall–Kier alpha value is -0.890. The minimum absolute atomic E-state index is 0.215. The molecule has 1 aromatic carbocycles. The summed E-state index contributed by atoms with van der Waals surface area (Å²) >= 11 is 14.5. The van der Waals surface area contributed by atoms with E-state index in [0.717, 1.165) is 30.6 Å². The summed E-state index contributed by atoms with van der Waals surface area (Å²) in [6.45, 7) is 0. The van der Waals surface area contributed by atoms with Gasteiger partial charge in [-0.05, 0) is 61.0 Å². The summed E-state index contributed by atoms with van der Waals surface area (Å²) in [6, 6.07) is 5.75. The van der Waals surface area contributed by atoms with E-state index < -0.39 is 0 Å². The summed E-state index contributed by atoms with van der Waals surface area (Å²) in [5.41, 5.74) is 0.831. The normalized spacial score (nSPS) is 10.9. The van der Waals surface area contributed by atoms with E-state index in [0.29, 0.717) is 5.82 Å². The number of benzene rings is 1. The number of hydrogen-bond donors (Lipinski definition) is 1. The lowest BCUT2D eigenvalue weighted by Crippen LogP contribution is -1.97. The zero-order valence-electron chi connectivity index (χ0n) is 10.7. The molecule has 2 aromatic heterocycles. The van der Waals surface area contributed by atoms with Crippen molar-refractivity contribution in [3.05, 3.63) is 37.8 Å². The van der Waals surface area contributed by atoms with Gasteiger partial charge < -0.3 is 10.1 Å². The predicted octanol–water partition coefficient (Wildman–Crippen LogP) is 5.62. The Kier molecular flexibility index (Phi) is 4.35. The van der Waals surface area contributed by atoms with Crippen LogP contribution in [0.1, 0.15) is 0 Å². The molecule has 0 saturated carbocycles. The molecule has 0 radical (unpaired) electrons. The van der Waals surface area contributed by atoms with Crippen LogP contribution in [0.3, 0.4) is 0 Å². The lowest BCUT2D eigenvalue weighted by Gasteiger charge is -2.12. The van der Waals surface area contributed by atoms with Gasteiger partial charge in [-0.1, -0.05) is 0 Å². The van der Waals surface area contributed by atoms with E-state index in [4.69, 9.17) is 16.3 Å². The van der Waals surface area contributed by atoms with Crippen LogP contribution in [0.15, 0.2) is 32.5 Å². The molecule has 0 fully saturated rings. The minimum atomic E-state index is 0.215. The maximum Gasteiger partial charge on any atom is 0.225 e. The minimum Gasteiger partial charge on any atom is -0.495 e. The predicted molar refractivity (Wildman–Crippen MR) is 94.1 cm³/mol. The van der Waals surface area contributed by atoms with Crippen molar-refractivity contribution in [3.63, 3.8) is 0 Å². The summed E-state index contributed by atoms with van der Waals surface area (Å²) in [4.78, 5) is 9.31. The Morgan fingerprint density at radius 1 is 1.24 bits per heavy atom. The molecule has 1 N–H and O–H groups in total. The molecule has 4 nitrogen and oxygen atoms in total. The number of ether oxygens (including phenoxy) is 1. The third-order valence-corrected chi connectivity index (χ3v) is 5.04. The van der Waals surface area contributed by atoms with Gasteiger partial charge in [-0.15, -0.1) is 11.3 Å². The highest BCUT2D eigenvalue weighted by Crippen LogP contribution is 2.37. The van der Waals surface area contributed by atoms with E-state index in [-0.39, 0.29) is 5.28 Å². The number of rotatable bonds is 3. The monoisotopic (exact) mass is 447 g/mol. The van der Waals surface area contributed by atoms with Crippen molar-refractivity contribution >= 4 is 76.5 Å². The largest absolute Gasteiger partial charge is 0.495 e. The van der Waals surface area contributed by atoms with Crippen molar-refractivity contribution in [1.29, 1.82) is 0 Å². The molecule has 0 amide bonds. The van der Waals surface area contributed by atoms with Crippen LogP contribution < -0.4 is 10.1 Å². The maximum atomic E-state index is 5.97. The summed E-state index contributed by atoms with van der Waals surface area (Å²) in [6.07, 6.45) is 0. The molecule has 3 rings (SSSR count). The van der Waals surface area contributed by atoms with Gasteiger partial charge in [0.15, 0.2) is 0 Å². The van der Waals surface area contributed by atoms with E-state index >= 15 is 0 Å². The van der Waals surface area contributed by atoms with Crippen molar-refractivity contribution in [1.82, 2.24) is 9.97 Å². The fourth-order valence-electron chi connectivity index (χ4n) is 1.83. The quantitative estimate of drug-likeness (QED) is 0.527. The maximum absolute atomic E-state index is 5.97.